The number of hydrogen-bond donors (Lipinski definition) is 6. The number of fused-ring (bicyclic) bond motifs is 2. The van der Waals surface area contributed by atoms with Crippen LogP contribution >= 0.6 is 0 Å². The number of nitrogens with one attached hydrogen (secondary N) is 4. The number of ether oxygens (including phenoxy) is 1. The van der Waals surface area contributed by atoms with Crippen molar-refractivity contribution in [1.82, 2.24) is 20.6 Å². The second-order valence-corrected chi connectivity index (χ2v) is 11.8. The maximum atomic E-state index is 13.5. The molecule has 0 aliphatic heterocycles. The molecule has 264 valence electrons. The Balaban J connectivity index is 1.30. The lowest BCUT2D eigenvalue weighted by Crippen LogP contribution is -2.47. The third kappa shape index (κ3) is 9.84. The molecule has 13 heteroatoms. The highest BCUT2D eigenvalue weighted by molar-refractivity contribution is 6.05. The fraction of sp³-hybridized carbons (Fsp3) is 0.263. The summed E-state index contributed by atoms with van der Waals surface area (Å²) in [6.45, 7) is 0.980. The van der Waals surface area contributed by atoms with Gasteiger partial charge in [-0.05, 0) is 61.0 Å². The molecule has 0 saturated heterocycles. The third-order valence-corrected chi connectivity index (χ3v) is 8.01. The molecular formula is C38H40N6O7. The smallest absolute Gasteiger partial charge is 0.252 e. The summed E-state index contributed by atoms with van der Waals surface area (Å²) >= 11 is 0. The van der Waals surface area contributed by atoms with Gasteiger partial charge in [0.1, 0.15) is 29.5 Å². The van der Waals surface area contributed by atoms with Crippen molar-refractivity contribution in [3.05, 3.63) is 102 Å². The molecule has 0 spiro atoms. The largest absolute Gasteiger partial charge is 0.494 e. The fourth-order valence-corrected chi connectivity index (χ4v) is 5.23. The first-order chi connectivity index (χ1) is 24.8. The molecule has 2 atom stereocenters. The topological polar surface area (TPSA) is 192 Å². The van der Waals surface area contributed by atoms with E-state index in [2.05, 4.69) is 38.2 Å². The van der Waals surface area contributed by atoms with Crippen molar-refractivity contribution in [3.8, 4) is 5.75 Å². The van der Waals surface area contributed by atoms with E-state index in [0.29, 0.717) is 17.6 Å². The van der Waals surface area contributed by atoms with E-state index in [1.807, 2.05) is 36.4 Å². The summed E-state index contributed by atoms with van der Waals surface area (Å²) in [7, 11) is 0. The number of rotatable bonds is 16. The Bertz CT molecular complexity index is 1890. The standard InChI is InChI=1S/C38H40N6O7/c1-2-3-4-9-18-51-28-20-26(35(47)41-31(22-45)37(49)43-33-16-14-24-10-5-7-12-29(24)39-33)19-27(21-28)36(48)42-32(23-46)38(50)44-34-17-15-25-11-6-8-13-30(25)40-34/h5-8,10-17,19-21,31-32,45-46H,2-4,9,18,22-23H2,1H3,(H,41,47)(H,42,48)(H,39,43,49)(H,40,44,50)/t31-,32-/m0/s1. The van der Waals surface area contributed by atoms with Crippen molar-refractivity contribution in [2.75, 3.05) is 30.5 Å². The van der Waals surface area contributed by atoms with E-state index in [-0.39, 0.29) is 28.5 Å². The molecule has 0 unspecified atom stereocenters. The van der Waals surface area contributed by atoms with E-state index in [0.717, 1.165) is 36.5 Å². The van der Waals surface area contributed by atoms with Crippen molar-refractivity contribution in [1.29, 1.82) is 0 Å². The van der Waals surface area contributed by atoms with Gasteiger partial charge in [0.05, 0.1) is 30.9 Å². The van der Waals surface area contributed by atoms with Crippen LogP contribution < -0.4 is 26.0 Å². The molecule has 0 aliphatic rings. The van der Waals surface area contributed by atoms with Crippen LogP contribution in [-0.2, 0) is 9.59 Å². The van der Waals surface area contributed by atoms with E-state index in [1.54, 1.807) is 36.4 Å². The van der Waals surface area contributed by atoms with Crippen LogP contribution in [0.15, 0.2) is 91.0 Å². The zero-order valence-corrected chi connectivity index (χ0v) is 28.1. The average Bonchev–Trinajstić information content (AvgIpc) is 3.15. The Hall–Kier alpha value is -5.92. The zero-order chi connectivity index (χ0) is 36.2. The molecule has 0 fully saturated rings. The van der Waals surface area contributed by atoms with Crippen LogP contribution in [0.1, 0.15) is 53.3 Å². The van der Waals surface area contributed by atoms with Gasteiger partial charge in [-0.15, -0.1) is 0 Å². The predicted molar refractivity (Wildman–Crippen MR) is 194 cm³/mol. The van der Waals surface area contributed by atoms with Gasteiger partial charge in [-0.2, -0.15) is 0 Å². The monoisotopic (exact) mass is 692 g/mol. The number of benzene rings is 3. The average molecular weight is 693 g/mol. The molecule has 2 heterocycles. The summed E-state index contributed by atoms with van der Waals surface area (Å²) in [5.74, 6) is -2.24. The Labute approximate surface area is 294 Å². The van der Waals surface area contributed by atoms with Crippen LogP contribution in [0, 0.1) is 0 Å². The van der Waals surface area contributed by atoms with Gasteiger partial charge < -0.3 is 36.2 Å². The molecule has 0 aliphatic carbocycles. The number of para-hydroxylation sites is 2. The van der Waals surface area contributed by atoms with Gasteiger partial charge in [0.25, 0.3) is 23.6 Å². The Morgan fingerprint density at radius 1 is 0.647 bits per heavy atom. The number of carbonyl (C=O) groups excluding carboxylic acids is 4. The number of anilines is 2. The highest BCUT2D eigenvalue weighted by atomic mass is 16.5. The highest BCUT2D eigenvalue weighted by Crippen LogP contribution is 2.20. The van der Waals surface area contributed by atoms with Gasteiger partial charge in [-0.1, -0.05) is 62.6 Å². The lowest BCUT2D eigenvalue weighted by atomic mass is 10.1. The lowest BCUT2D eigenvalue weighted by Gasteiger charge is -2.18. The van der Waals surface area contributed by atoms with Crippen LogP contribution in [0.4, 0.5) is 11.6 Å². The molecule has 2 aromatic heterocycles. The van der Waals surface area contributed by atoms with Crippen molar-refractivity contribution >= 4 is 57.1 Å². The summed E-state index contributed by atoms with van der Waals surface area (Å²) in [6.07, 6.45) is 3.74. The number of pyridine rings is 2. The summed E-state index contributed by atoms with van der Waals surface area (Å²) in [5, 5.41) is 32.0. The normalized spacial score (nSPS) is 12.1. The number of carbonyl (C=O) groups is 4. The quantitative estimate of drug-likeness (QED) is 0.0823. The van der Waals surface area contributed by atoms with Gasteiger partial charge in [0.15, 0.2) is 0 Å². The van der Waals surface area contributed by atoms with E-state index in [9.17, 15) is 29.4 Å². The minimum Gasteiger partial charge on any atom is -0.494 e. The van der Waals surface area contributed by atoms with Crippen LogP contribution in [0.2, 0.25) is 0 Å². The van der Waals surface area contributed by atoms with Gasteiger partial charge >= 0.3 is 0 Å². The van der Waals surface area contributed by atoms with Crippen LogP contribution in [0.3, 0.4) is 0 Å². The SMILES string of the molecule is CCCCCCOc1cc(C(=O)N[C@@H](CO)C(=O)Nc2ccc3ccccc3n2)cc(C(=O)N[C@@H](CO)C(=O)Nc2ccc3ccccc3n2)c1. The number of aliphatic hydroxyl groups is 2. The summed E-state index contributed by atoms with van der Waals surface area (Å²) in [5.41, 5.74) is 1.24. The minimum atomic E-state index is -1.35. The zero-order valence-electron chi connectivity index (χ0n) is 28.1. The van der Waals surface area contributed by atoms with Crippen LogP contribution in [0.5, 0.6) is 5.75 Å². The highest BCUT2D eigenvalue weighted by Gasteiger charge is 2.25. The summed E-state index contributed by atoms with van der Waals surface area (Å²) in [6, 6.07) is 22.9. The predicted octanol–water partition coefficient (Wildman–Crippen LogP) is 4.20. The number of amides is 4. The first-order valence-electron chi connectivity index (χ1n) is 16.7. The molecule has 5 rings (SSSR count). The van der Waals surface area contributed by atoms with Crippen LogP contribution in [-0.4, -0.2) is 75.7 Å². The first-order valence-corrected chi connectivity index (χ1v) is 16.7. The Kier molecular flexibility index (Phi) is 12.6. The first kappa shape index (κ1) is 36.4. The molecule has 3 aromatic carbocycles. The fourth-order valence-electron chi connectivity index (χ4n) is 5.23. The molecule has 6 N–H and O–H groups in total. The number of aromatic nitrogens is 2. The molecule has 0 radical (unpaired) electrons. The second kappa shape index (κ2) is 17.7. The molecule has 5 aromatic rings. The molecular weight excluding hydrogens is 652 g/mol. The van der Waals surface area contributed by atoms with E-state index < -0.39 is 48.9 Å². The molecule has 0 bridgehead atoms. The summed E-state index contributed by atoms with van der Waals surface area (Å²) < 4.78 is 5.89. The van der Waals surface area contributed by atoms with Crippen molar-refractivity contribution in [2.45, 2.75) is 44.7 Å². The molecule has 13 nitrogen and oxygen atoms in total. The Morgan fingerprint density at radius 3 is 1.61 bits per heavy atom. The second-order valence-electron chi connectivity index (χ2n) is 11.8. The van der Waals surface area contributed by atoms with Gasteiger partial charge in [-0.25, -0.2) is 9.97 Å². The van der Waals surface area contributed by atoms with E-state index >= 15 is 0 Å². The van der Waals surface area contributed by atoms with Crippen molar-refractivity contribution < 1.29 is 34.1 Å². The van der Waals surface area contributed by atoms with Gasteiger partial charge in [0, 0.05) is 21.9 Å². The molecule has 0 saturated carbocycles. The minimum absolute atomic E-state index is 0.0355. The number of unbranched alkanes of at least 4 members (excludes halogenated alkanes) is 3. The number of aliphatic hydroxyl groups excluding tert-OH is 2. The van der Waals surface area contributed by atoms with Crippen molar-refractivity contribution in [2.24, 2.45) is 0 Å². The number of hydrogen-bond acceptors (Lipinski definition) is 9. The Morgan fingerprint density at radius 2 is 1.14 bits per heavy atom. The lowest BCUT2D eigenvalue weighted by molar-refractivity contribution is -0.119. The molecule has 51 heavy (non-hydrogen) atoms. The van der Waals surface area contributed by atoms with E-state index in [1.165, 1.54) is 18.2 Å². The third-order valence-electron chi connectivity index (χ3n) is 8.01. The maximum Gasteiger partial charge on any atom is 0.252 e. The van der Waals surface area contributed by atoms with Crippen LogP contribution in [0.25, 0.3) is 21.8 Å². The summed E-state index contributed by atoms with van der Waals surface area (Å²) in [4.78, 5) is 61.8. The molecule has 4 amide bonds. The van der Waals surface area contributed by atoms with Gasteiger partial charge in [0.2, 0.25) is 0 Å². The number of nitrogens with zero attached hydrogens (tertiary/aromatic N) is 2. The van der Waals surface area contributed by atoms with Gasteiger partial charge in [-0.3, -0.25) is 19.2 Å². The maximum absolute atomic E-state index is 13.5. The van der Waals surface area contributed by atoms with E-state index in [4.69, 9.17) is 4.74 Å². The van der Waals surface area contributed by atoms with Crippen molar-refractivity contribution in [3.63, 3.8) is 0 Å².